The highest BCUT2D eigenvalue weighted by Crippen LogP contribution is 2.32. The lowest BCUT2D eigenvalue weighted by atomic mass is 10.1. The monoisotopic (exact) mass is 345 g/mol. The molecule has 0 saturated heterocycles. The molecule has 0 saturated carbocycles. The largest absolute Gasteiger partial charge is 0.481 e. The molecule has 0 aromatic heterocycles. The van der Waals surface area contributed by atoms with E-state index in [1.54, 1.807) is 31.2 Å². The molecule has 2 aromatic rings. The molecular formula is C19H20ClNO3. The van der Waals surface area contributed by atoms with E-state index in [0.29, 0.717) is 5.75 Å². The number of halogens is 1. The van der Waals surface area contributed by atoms with Crippen molar-refractivity contribution in [1.29, 1.82) is 0 Å². The molecule has 126 valence electrons. The van der Waals surface area contributed by atoms with Crippen molar-refractivity contribution in [3.63, 3.8) is 0 Å². The number of aryl methyl sites for hydroxylation is 1. The Bertz CT molecular complexity index is 747. The van der Waals surface area contributed by atoms with Crippen LogP contribution < -0.4 is 10.1 Å². The van der Waals surface area contributed by atoms with Crippen LogP contribution in [-0.4, -0.2) is 17.1 Å². The molecule has 5 heteroatoms. The third-order valence-electron chi connectivity index (χ3n) is 4.26. The summed E-state index contributed by atoms with van der Waals surface area (Å²) in [6.07, 6.45) is 1.17. The van der Waals surface area contributed by atoms with Gasteiger partial charge < -0.3 is 15.2 Å². The number of ether oxygens (including phenoxy) is 1. The lowest BCUT2D eigenvalue weighted by molar-refractivity contribution is -0.128. The molecule has 2 N–H and O–H groups in total. The highest BCUT2D eigenvalue weighted by Gasteiger charge is 2.26. The molecule has 3 rings (SSSR count). The number of aliphatic hydroxyl groups excluding tert-OH is 1. The number of hydrogen-bond donors (Lipinski definition) is 2. The molecule has 2 aromatic carbocycles. The third kappa shape index (κ3) is 3.71. The van der Waals surface area contributed by atoms with Crippen molar-refractivity contribution in [3.8, 4) is 5.75 Å². The van der Waals surface area contributed by atoms with E-state index in [1.165, 1.54) is 5.56 Å². The van der Waals surface area contributed by atoms with Crippen molar-refractivity contribution in [2.45, 2.75) is 38.5 Å². The average Bonchev–Trinajstić information content (AvgIpc) is 2.96. The topological polar surface area (TPSA) is 58.6 Å². The highest BCUT2D eigenvalue weighted by atomic mass is 35.5. The van der Waals surface area contributed by atoms with Gasteiger partial charge in [-0.2, -0.15) is 0 Å². The van der Waals surface area contributed by atoms with Crippen LogP contribution in [0.15, 0.2) is 42.5 Å². The minimum absolute atomic E-state index is 0.000377. The lowest BCUT2D eigenvalue weighted by Crippen LogP contribution is -2.38. The molecule has 0 fully saturated rings. The smallest absolute Gasteiger partial charge is 0.261 e. The first-order valence-corrected chi connectivity index (χ1v) is 8.40. The molecule has 1 amide bonds. The van der Waals surface area contributed by atoms with Crippen molar-refractivity contribution in [2.75, 3.05) is 0 Å². The number of carbonyl (C=O) groups is 1. The molecule has 0 heterocycles. The summed E-state index contributed by atoms with van der Waals surface area (Å²) < 4.78 is 5.69. The van der Waals surface area contributed by atoms with Crippen LogP contribution in [0.1, 0.15) is 36.1 Å². The Labute approximate surface area is 146 Å². The van der Waals surface area contributed by atoms with E-state index in [4.69, 9.17) is 21.4 Å². The number of fused-ring (bicyclic) bond motifs is 1. The second-order valence-corrected chi connectivity index (χ2v) is 6.45. The van der Waals surface area contributed by atoms with Gasteiger partial charge >= 0.3 is 0 Å². The molecule has 0 aliphatic heterocycles. The summed E-state index contributed by atoms with van der Waals surface area (Å²) in [6, 6.07) is 12.9. The zero-order valence-corrected chi connectivity index (χ0v) is 14.2. The maximum absolute atomic E-state index is 12.4. The van der Waals surface area contributed by atoms with E-state index in [1.807, 2.05) is 18.2 Å². The van der Waals surface area contributed by atoms with Gasteiger partial charge in [0.1, 0.15) is 5.75 Å². The van der Waals surface area contributed by atoms with Gasteiger partial charge in [-0.05, 0) is 60.7 Å². The summed E-state index contributed by atoms with van der Waals surface area (Å²) in [5.41, 5.74) is 3.07. The van der Waals surface area contributed by atoms with Gasteiger partial charge in [-0.15, -0.1) is 0 Å². The maximum atomic E-state index is 12.4. The first kappa shape index (κ1) is 16.8. The highest BCUT2D eigenvalue weighted by molar-refractivity contribution is 6.30. The van der Waals surface area contributed by atoms with Gasteiger partial charge in [0.15, 0.2) is 6.10 Å². The molecule has 0 spiro atoms. The Morgan fingerprint density at radius 2 is 2.21 bits per heavy atom. The molecular weight excluding hydrogens is 326 g/mol. The zero-order valence-electron chi connectivity index (χ0n) is 13.5. The van der Waals surface area contributed by atoms with Gasteiger partial charge in [0.25, 0.3) is 5.91 Å². The summed E-state index contributed by atoms with van der Waals surface area (Å²) >= 11 is 6.02. The van der Waals surface area contributed by atoms with Crippen molar-refractivity contribution in [2.24, 2.45) is 0 Å². The number of nitrogens with one attached hydrogen (secondary N) is 1. The van der Waals surface area contributed by atoms with Gasteiger partial charge in [0.2, 0.25) is 0 Å². The minimum Gasteiger partial charge on any atom is -0.481 e. The number of amides is 1. The van der Waals surface area contributed by atoms with E-state index < -0.39 is 6.10 Å². The summed E-state index contributed by atoms with van der Waals surface area (Å²) in [7, 11) is 0. The molecule has 2 unspecified atom stereocenters. The fourth-order valence-corrected chi connectivity index (χ4v) is 3.19. The molecule has 2 atom stereocenters. The van der Waals surface area contributed by atoms with Crippen molar-refractivity contribution >= 4 is 17.5 Å². The van der Waals surface area contributed by atoms with Crippen molar-refractivity contribution in [1.82, 2.24) is 5.32 Å². The average molecular weight is 346 g/mol. The van der Waals surface area contributed by atoms with Gasteiger partial charge in [-0.25, -0.2) is 0 Å². The quantitative estimate of drug-likeness (QED) is 0.873. The molecule has 4 nitrogen and oxygen atoms in total. The van der Waals surface area contributed by atoms with Gasteiger partial charge in [-0.3, -0.25) is 4.79 Å². The first-order chi connectivity index (χ1) is 11.6. The Balaban J connectivity index is 1.63. The standard InChI is InChI=1S/C19H20ClNO3/c1-12(24-16-4-2-3-13(9-16)11-22)19(23)21-18-8-5-14-10-15(20)6-7-17(14)18/h2-4,6-7,9-10,12,18,22H,5,8,11H2,1H3,(H,21,23). The first-order valence-electron chi connectivity index (χ1n) is 8.02. The summed E-state index contributed by atoms with van der Waals surface area (Å²) in [6.45, 7) is 1.66. The van der Waals surface area contributed by atoms with E-state index in [0.717, 1.165) is 29.0 Å². The van der Waals surface area contributed by atoms with Gasteiger partial charge in [0, 0.05) is 5.02 Å². The fourth-order valence-electron chi connectivity index (χ4n) is 3.00. The Morgan fingerprint density at radius 1 is 1.38 bits per heavy atom. The molecule has 24 heavy (non-hydrogen) atoms. The molecule has 0 bridgehead atoms. The molecule has 1 aliphatic rings. The van der Waals surface area contributed by atoms with Crippen LogP contribution in [-0.2, 0) is 17.8 Å². The summed E-state index contributed by atoms with van der Waals surface area (Å²) in [5.74, 6) is 0.417. The summed E-state index contributed by atoms with van der Waals surface area (Å²) in [4.78, 5) is 12.4. The lowest BCUT2D eigenvalue weighted by Gasteiger charge is -2.19. The minimum atomic E-state index is -0.615. The predicted octanol–water partition coefficient (Wildman–Crippen LogP) is 3.40. The van der Waals surface area contributed by atoms with Crippen LogP contribution in [0.3, 0.4) is 0 Å². The van der Waals surface area contributed by atoms with Crippen LogP contribution in [0.5, 0.6) is 5.75 Å². The predicted molar refractivity (Wildman–Crippen MR) is 93.1 cm³/mol. The second-order valence-electron chi connectivity index (χ2n) is 6.01. The third-order valence-corrected chi connectivity index (χ3v) is 4.50. The zero-order chi connectivity index (χ0) is 17.1. The maximum Gasteiger partial charge on any atom is 0.261 e. The van der Waals surface area contributed by atoms with Crippen LogP contribution in [0.2, 0.25) is 5.02 Å². The Kier molecular flexibility index (Phi) is 5.07. The fraction of sp³-hybridized carbons (Fsp3) is 0.316. The van der Waals surface area contributed by atoms with Crippen LogP contribution >= 0.6 is 11.6 Å². The van der Waals surface area contributed by atoms with E-state index in [9.17, 15) is 4.79 Å². The number of benzene rings is 2. The van der Waals surface area contributed by atoms with Crippen LogP contribution in [0, 0.1) is 0 Å². The normalized spacial score (nSPS) is 17.2. The summed E-state index contributed by atoms with van der Waals surface area (Å²) in [5, 5.41) is 12.9. The van der Waals surface area contributed by atoms with Gasteiger partial charge in [-0.1, -0.05) is 29.8 Å². The van der Waals surface area contributed by atoms with Crippen molar-refractivity contribution in [3.05, 3.63) is 64.2 Å². The number of aliphatic hydroxyl groups is 1. The van der Waals surface area contributed by atoms with Crippen LogP contribution in [0.4, 0.5) is 0 Å². The Morgan fingerprint density at radius 3 is 3.00 bits per heavy atom. The Hall–Kier alpha value is -2.04. The molecule has 1 aliphatic carbocycles. The van der Waals surface area contributed by atoms with Crippen molar-refractivity contribution < 1.29 is 14.6 Å². The second kappa shape index (κ2) is 7.24. The van der Waals surface area contributed by atoms with E-state index in [-0.39, 0.29) is 18.6 Å². The van der Waals surface area contributed by atoms with Gasteiger partial charge in [0.05, 0.1) is 12.6 Å². The SMILES string of the molecule is CC(Oc1cccc(CO)c1)C(=O)NC1CCc2cc(Cl)ccc21. The molecule has 0 radical (unpaired) electrons. The number of rotatable bonds is 5. The van der Waals surface area contributed by atoms with E-state index >= 15 is 0 Å². The number of carbonyl (C=O) groups excluding carboxylic acids is 1. The van der Waals surface area contributed by atoms with E-state index in [2.05, 4.69) is 5.32 Å². The number of hydrogen-bond acceptors (Lipinski definition) is 3. The van der Waals surface area contributed by atoms with Crippen LogP contribution in [0.25, 0.3) is 0 Å².